The summed E-state index contributed by atoms with van der Waals surface area (Å²) in [4.78, 5) is 41.3. The molecule has 0 unspecified atom stereocenters. The number of amides is 2. The second-order valence-electron chi connectivity index (χ2n) is 9.57. The van der Waals surface area contributed by atoms with E-state index in [0.717, 1.165) is 31.2 Å². The molecule has 1 aliphatic carbocycles. The fraction of sp³-hybridized carbons (Fsp3) is 0.538. The van der Waals surface area contributed by atoms with Crippen LogP contribution in [0.2, 0.25) is 0 Å². The minimum Gasteiger partial charge on any atom is -0.497 e. The lowest BCUT2D eigenvalue weighted by Crippen LogP contribution is -2.64. The lowest BCUT2D eigenvalue weighted by atomic mass is 9.93. The van der Waals surface area contributed by atoms with Crippen LogP contribution in [-0.4, -0.2) is 65.4 Å². The Morgan fingerprint density at radius 3 is 2.44 bits per heavy atom. The number of carbonyl (C=O) groups excluding carboxylic acids is 3. The van der Waals surface area contributed by atoms with Crippen LogP contribution in [0.15, 0.2) is 24.3 Å². The highest BCUT2D eigenvalue weighted by Gasteiger charge is 2.49. The molecule has 10 nitrogen and oxygen atoms in total. The number of esters is 1. The van der Waals surface area contributed by atoms with E-state index in [-0.39, 0.29) is 36.4 Å². The Hall–Kier alpha value is -3.56. The molecule has 1 saturated carbocycles. The Kier molecular flexibility index (Phi) is 7.51. The number of hydrogen-bond donors (Lipinski definition) is 1. The summed E-state index contributed by atoms with van der Waals surface area (Å²) in [6.45, 7) is 1.97. The summed E-state index contributed by atoms with van der Waals surface area (Å²) >= 11 is 0. The van der Waals surface area contributed by atoms with Crippen LogP contribution in [0.3, 0.4) is 0 Å². The van der Waals surface area contributed by atoms with Crippen molar-refractivity contribution >= 4 is 17.8 Å². The van der Waals surface area contributed by atoms with Crippen LogP contribution in [-0.2, 0) is 22.6 Å². The van der Waals surface area contributed by atoms with Crippen molar-refractivity contribution in [1.82, 2.24) is 20.0 Å². The van der Waals surface area contributed by atoms with Gasteiger partial charge < -0.3 is 24.4 Å². The van der Waals surface area contributed by atoms with Crippen molar-refractivity contribution in [3.63, 3.8) is 0 Å². The minimum absolute atomic E-state index is 0.0243. The summed E-state index contributed by atoms with van der Waals surface area (Å²) in [6.07, 6.45) is 6.30. The monoisotopic (exact) mass is 498 g/mol. The van der Waals surface area contributed by atoms with Crippen LogP contribution < -0.4 is 14.8 Å². The van der Waals surface area contributed by atoms with Gasteiger partial charge in [-0.1, -0.05) is 25.7 Å². The van der Waals surface area contributed by atoms with Crippen molar-refractivity contribution in [2.75, 3.05) is 21.3 Å². The molecule has 0 saturated heterocycles. The normalized spacial score (nSPS) is 20.3. The molecule has 0 radical (unpaired) electrons. The van der Waals surface area contributed by atoms with Gasteiger partial charge in [0, 0.05) is 23.7 Å². The topological polar surface area (TPSA) is 112 Å². The predicted octanol–water partition coefficient (Wildman–Crippen LogP) is 2.94. The van der Waals surface area contributed by atoms with Gasteiger partial charge in [-0.3, -0.25) is 14.3 Å². The van der Waals surface area contributed by atoms with Gasteiger partial charge in [-0.05, 0) is 31.9 Å². The van der Waals surface area contributed by atoms with Gasteiger partial charge in [-0.25, -0.2) is 4.79 Å². The smallest absolute Gasteiger partial charge is 0.358 e. The molecule has 1 N–H and O–H groups in total. The van der Waals surface area contributed by atoms with E-state index in [1.165, 1.54) is 30.7 Å². The molecule has 0 bridgehead atoms. The van der Waals surface area contributed by atoms with Crippen LogP contribution >= 0.6 is 0 Å². The standard InChI is InChI=1S/C26H34N4O6/c1-26(25(33)27-18-9-7-5-6-8-10-18)16-30-21(14-20(28-30)24(32)36-4)23(31)29(26)15-17-11-12-19(34-2)13-22(17)35-3/h11-14,18H,5-10,15-16H2,1-4H3,(H,27,33)/t26-/m1/s1. The zero-order chi connectivity index (χ0) is 25.9. The first-order chi connectivity index (χ1) is 17.3. The fourth-order valence-corrected chi connectivity index (χ4v) is 5.01. The number of carbonyl (C=O) groups is 3. The molecule has 1 aromatic carbocycles. The molecule has 1 atom stereocenters. The largest absolute Gasteiger partial charge is 0.497 e. The average molecular weight is 499 g/mol. The number of rotatable bonds is 7. The molecule has 2 amide bonds. The van der Waals surface area contributed by atoms with E-state index in [9.17, 15) is 14.4 Å². The van der Waals surface area contributed by atoms with Crippen molar-refractivity contribution in [2.45, 2.75) is 70.1 Å². The molecule has 36 heavy (non-hydrogen) atoms. The first kappa shape index (κ1) is 25.5. The van der Waals surface area contributed by atoms with Crippen LogP contribution in [0.25, 0.3) is 0 Å². The van der Waals surface area contributed by atoms with Crippen molar-refractivity contribution in [2.24, 2.45) is 0 Å². The molecule has 1 aromatic heterocycles. The maximum absolute atomic E-state index is 13.8. The second kappa shape index (κ2) is 10.6. The van der Waals surface area contributed by atoms with Crippen molar-refractivity contribution in [1.29, 1.82) is 0 Å². The Morgan fingerprint density at radius 2 is 1.81 bits per heavy atom. The Morgan fingerprint density at radius 1 is 1.08 bits per heavy atom. The summed E-state index contributed by atoms with van der Waals surface area (Å²) in [6, 6.07) is 6.82. The molecular formula is C26H34N4O6. The van der Waals surface area contributed by atoms with Crippen LogP contribution in [0.5, 0.6) is 11.5 Å². The Balaban J connectivity index is 1.71. The maximum Gasteiger partial charge on any atom is 0.358 e. The highest BCUT2D eigenvalue weighted by Crippen LogP contribution is 2.33. The number of fused-ring (bicyclic) bond motifs is 1. The number of methoxy groups -OCH3 is 3. The lowest BCUT2D eigenvalue weighted by molar-refractivity contribution is -0.134. The summed E-state index contributed by atoms with van der Waals surface area (Å²) in [5.41, 5.74) is -0.277. The predicted molar refractivity (Wildman–Crippen MR) is 131 cm³/mol. The SMILES string of the molecule is COC(=O)c1cc2n(n1)C[C@](C)(C(=O)NC1CCCCCC1)N(Cc1ccc(OC)cc1OC)C2=O. The van der Waals surface area contributed by atoms with Gasteiger partial charge in [-0.2, -0.15) is 5.10 Å². The van der Waals surface area contributed by atoms with E-state index >= 15 is 0 Å². The van der Waals surface area contributed by atoms with Gasteiger partial charge in [0.15, 0.2) is 5.69 Å². The van der Waals surface area contributed by atoms with E-state index in [4.69, 9.17) is 14.2 Å². The molecule has 0 spiro atoms. The van der Waals surface area contributed by atoms with E-state index in [1.807, 2.05) is 6.07 Å². The molecule has 2 heterocycles. The molecule has 194 valence electrons. The molecule has 2 aliphatic rings. The first-order valence-electron chi connectivity index (χ1n) is 12.3. The summed E-state index contributed by atoms with van der Waals surface area (Å²) < 4.78 is 17.1. The fourth-order valence-electron chi connectivity index (χ4n) is 5.01. The first-order valence-corrected chi connectivity index (χ1v) is 12.3. The third-order valence-corrected chi connectivity index (χ3v) is 7.19. The molecule has 10 heteroatoms. The number of benzene rings is 1. The van der Waals surface area contributed by atoms with Crippen LogP contribution in [0.1, 0.15) is 72.0 Å². The highest BCUT2D eigenvalue weighted by molar-refractivity contribution is 6.01. The molecule has 2 aromatic rings. The van der Waals surface area contributed by atoms with Crippen LogP contribution in [0, 0.1) is 0 Å². The number of aromatic nitrogens is 2. The summed E-state index contributed by atoms with van der Waals surface area (Å²) in [5.74, 6) is -0.118. The van der Waals surface area contributed by atoms with E-state index in [0.29, 0.717) is 11.5 Å². The second-order valence-corrected chi connectivity index (χ2v) is 9.57. The summed E-state index contributed by atoms with van der Waals surface area (Å²) in [5, 5.41) is 7.49. The van der Waals surface area contributed by atoms with Gasteiger partial charge >= 0.3 is 5.97 Å². The Bertz CT molecular complexity index is 1140. The van der Waals surface area contributed by atoms with Gasteiger partial charge in [0.1, 0.15) is 22.7 Å². The molecule has 1 fully saturated rings. The zero-order valence-corrected chi connectivity index (χ0v) is 21.3. The quantitative estimate of drug-likeness (QED) is 0.461. The molecule has 4 rings (SSSR count). The number of ether oxygens (including phenoxy) is 3. The average Bonchev–Trinajstić information content (AvgIpc) is 3.14. The van der Waals surface area contributed by atoms with Gasteiger partial charge in [0.05, 0.1) is 34.4 Å². The van der Waals surface area contributed by atoms with Gasteiger partial charge in [0.2, 0.25) is 5.91 Å². The number of hydrogen-bond acceptors (Lipinski definition) is 7. The molecular weight excluding hydrogens is 464 g/mol. The van der Waals surface area contributed by atoms with Gasteiger partial charge in [-0.15, -0.1) is 0 Å². The maximum atomic E-state index is 13.8. The van der Waals surface area contributed by atoms with Crippen LogP contribution in [0.4, 0.5) is 0 Å². The molecule has 1 aliphatic heterocycles. The lowest BCUT2D eigenvalue weighted by Gasteiger charge is -2.44. The van der Waals surface area contributed by atoms with Crippen molar-refractivity contribution in [3.05, 3.63) is 41.2 Å². The number of nitrogens with zero attached hydrogens (tertiary/aromatic N) is 3. The number of nitrogens with one attached hydrogen (secondary N) is 1. The Labute approximate surface area is 210 Å². The third-order valence-electron chi connectivity index (χ3n) is 7.19. The van der Waals surface area contributed by atoms with Crippen molar-refractivity contribution in [3.8, 4) is 11.5 Å². The van der Waals surface area contributed by atoms with Gasteiger partial charge in [0.25, 0.3) is 5.91 Å². The zero-order valence-electron chi connectivity index (χ0n) is 21.3. The summed E-state index contributed by atoms with van der Waals surface area (Å²) in [7, 11) is 4.37. The van der Waals surface area contributed by atoms with E-state index in [1.54, 1.807) is 38.2 Å². The highest BCUT2D eigenvalue weighted by atomic mass is 16.5. The van der Waals surface area contributed by atoms with E-state index < -0.39 is 17.4 Å². The van der Waals surface area contributed by atoms with Crippen molar-refractivity contribution < 1.29 is 28.6 Å². The minimum atomic E-state index is -1.25. The third kappa shape index (κ3) is 4.89. The van der Waals surface area contributed by atoms with E-state index in [2.05, 4.69) is 10.4 Å².